The number of carbonyl (C=O) groups excluding carboxylic acids is 1. The molecule has 1 N–H and O–H groups in total. The Morgan fingerprint density at radius 3 is 2.63 bits per heavy atom. The van der Waals surface area contributed by atoms with E-state index in [4.69, 9.17) is 0 Å². The molecule has 4 nitrogen and oxygen atoms in total. The van der Waals surface area contributed by atoms with Crippen molar-refractivity contribution in [2.45, 2.75) is 44.4 Å². The van der Waals surface area contributed by atoms with Crippen LogP contribution >= 0.6 is 11.8 Å². The fraction of sp³-hybridized carbons (Fsp3) is 0.333. The highest BCUT2D eigenvalue weighted by Gasteiger charge is 2.19. The fourth-order valence-corrected chi connectivity index (χ4v) is 3.56. The molecule has 0 atom stereocenters. The van der Waals surface area contributed by atoms with Crippen LogP contribution in [0.25, 0.3) is 11.0 Å². The van der Waals surface area contributed by atoms with Crippen molar-refractivity contribution in [2.24, 2.45) is 0 Å². The molecule has 0 saturated carbocycles. The third-order valence-corrected chi connectivity index (χ3v) is 5.58. The summed E-state index contributed by atoms with van der Waals surface area (Å²) in [6.07, 6.45) is 0.856. The Kier molecular flexibility index (Phi) is 5.85. The number of thioether (sulfide) groups is 1. The zero-order chi connectivity index (χ0) is 19.4. The molecule has 6 heteroatoms. The number of nitrogens with zero attached hydrogens (tertiary/aromatic N) is 2. The smallest absolute Gasteiger partial charge is 0.230 e. The van der Waals surface area contributed by atoms with Gasteiger partial charge < -0.3 is 9.88 Å². The van der Waals surface area contributed by atoms with Gasteiger partial charge in [-0.2, -0.15) is 0 Å². The monoisotopic (exact) mass is 385 g/mol. The van der Waals surface area contributed by atoms with Gasteiger partial charge in [0.15, 0.2) is 5.16 Å². The van der Waals surface area contributed by atoms with Crippen LogP contribution in [0.4, 0.5) is 4.39 Å². The number of hydrogen-bond acceptors (Lipinski definition) is 3. The third-order valence-electron chi connectivity index (χ3n) is 4.60. The topological polar surface area (TPSA) is 46.9 Å². The standard InChI is InChI=1S/C21H24FN3OS/c1-4-21(2,3)24-19(26)14-27-20-23-17-11-7-8-12-18(17)25(20)13-15-9-5-6-10-16(15)22/h5-12H,4,13-14H2,1-3H3,(H,24,26). The molecule has 1 heterocycles. The van der Waals surface area contributed by atoms with E-state index in [-0.39, 0.29) is 23.0 Å². The van der Waals surface area contributed by atoms with Crippen molar-refractivity contribution in [3.05, 3.63) is 59.9 Å². The molecule has 1 aromatic heterocycles. The minimum absolute atomic E-state index is 0.0312. The molecule has 0 aliphatic carbocycles. The molecule has 0 spiro atoms. The van der Waals surface area contributed by atoms with E-state index in [2.05, 4.69) is 10.3 Å². The van der Waals surface area contributed by atoms with Crippen LogP contribution < -0.4 is 5.32 Å². The van der Waals surface area contributed by atoms with Crippen molar-refractivity contribution in [3.63, 3.8) is 0 Å². The summed E-state index contributed by atoms with van der Waals surface area (Å²) in [7, 11) is 0. The van der Waals surface area contributed by atoms with Crippen LogP contribution in [0.2, 0.25) is 0 Å². The molecule has 0 fully saturated rings. The van der Waals surface area contributed by atoms with Gasteiger partial charge in [-0.05, 0) is 38.5 Å². The second kappa shape index (κ2) is 8.13. The minimum Gasteiger partial charge on any atom is -0.351 e. The maximum Gasteiger partial charge on any atom is 0.230 e. The number of hydrogen-bond donors (Lipinski definition) is 1. The average molecular weight is 386 g/mol. The van der Waals surface area contributed by atoms with Gasteiger partial charge in [-0.25, -0.2) is 9.37 Å². The maximum absolute atomic E-state index is 14.1. The molecule has 0 aliphatic heterocycles. The first-order chi connectivity index (χ1) is 12.9. The second-order valence-electron chi connectivity index (χ2n) is 7.13. The summed E-state index contributed by atoms with van der Waals surface area (Å²) in [6, 6.07) is 14.5. The van der Waals surface area contributed by atoms with Crippen molar-refractivity contribution in [1.82, 2.24) is 14.9 Å². The highest BCUT2D eigenvalue weighted by Crippen LogP contribution is 2.26. The molecule has 0 radical (unpaired) electrons. The molecule has 0 unspecified atom stereocenters. The Morgan fingerprint density at radius 2 is 1.89 bits per heavy atom. The number of halogens is 1. The van der Waals surface area contributed by atoms with E-state index in [1.165, 1.54) is 17.8 Å². The van der Waals surface area contributed by atoms with Gasteiger partial charge in [0.05, 0.1) is 23.3 Å². The molecular weight excluding hydrogens is 361 g/mol. The summed E-state index contributed by atoms with van der Waals surface area (Å²) < 4.78 is 16.1. The Bertz CT molecular complexity index is 952. The lowest BCUT2D eigenvalue weighted by molar-refractivity contribution is -0.120. The van der Waals surface area contributed by atoms with Gasteiger partial charge in [0.1, 0.15) is 5.82 Å². The van der Waals surface area contributed by atoms with Gasteiger partial charge in [0.25, 0.3) is 0 Å². The van der Waals surface area contributed by atoms with Crippen LogP contribution in [-0.2, 0) is 11.3 Å². The van der Waals surface area contributed by atoms with Gasteiger partial charge in [0, 0.05) is 11.1 Å². The number of rotatable bonds is 7. The predicted octanol–water partition coefficient (Wildman–Crippen LogP) is 4.62. The lowest BCUT2D eigenvalue weighted by Gasteiger charge is -2.24. The average Bonchev–Trinajstić information content (AvgIpc) is 2.99. The highest BCUT2D eigenvalue weighted by molar-refractivity contribution is 7.99. The molecule has 142 valence electrons. The van der Waals surface area contributed by atoms with Crippen LogP contribution in [0.5, 0.6) is 0 Å². The van der Waals surface area contributed by atoms with E-state index in [0.29, 0.717) is 17.3 Å². The van der Waals surface area contributed by atoms with Crippen LogP contribution in [0.3, 0.4) is 0 Å². The van der Waals surface area contributed by atoms with Crippen molar-refractivity contribution in [3.8, 4) is 0 Å². The number of carbonyl (C=O) groups is 1. The van der Waals surface area contributed by atoms with Gasteiger partial charge in [-0.15, -0.1) is 0 Å². The number of nitrogens with one attached hydrogen (secondary N) is 1. The van der Waals surface area contributed by atoms with Crippen LogP contribution in [-0.4, -0.2) is 26.8 Å². The fourth-order valence-electron chi connectivity index (χ4n) is 2.75. The summed E-state index contributed by atoms with van der Waals surface area (Å²) in [6.45, 7) is 6.42. The number of amides is 1. The number of para-hydroxylation sites is 2. The quantitative estimate of drug-likeness (QED) is 0.604. The largest absolute Gasteiger partial charge is 0.351 e. The Balaban J connectivity index is 1.85. The van der Waals surface area contributed by atoms with Crippen molar-refractivity contribution in [2.75, 3.05) is 5.75 Å². The van der Waals surface area contributed by atoms with E-state index in [1.807, 2.05) is 55.7 Å². The summed E-state index contributed by atoms with van der Waals surface area (Å²) in [4.78, 5) is 17.0. The van der Waals surface area contributed by atoms with Gasteiger partial charge >= 0.3 is 0 Å². The summed E-state index contributed by atoms with van der Waals surface area (Å²) >= 11 is 1.37. The normalized spacial score (nSPS) is 11.7. The molecular formula is C21H24FN3OS. The number of imidazole rings is 1. The zero-order valence-electron chi connectivity index (χ0n) is 15.8. The predicted molar refractivity (Wildman–Crippen MR) is 108 cm³/mol. The summed E-state index contributed by atoms with van der Waals surface area (Å²) in [5, 5.41) is 3.74. The lowest BCUT2D eigenvalue weighted by atomic mass is 10.0. The van der Waals surface area contributed by atoms with Gasteiger partial charge in [-0.3, -0.25) is 4.79 Å². The minimum atomic E-state index is -0.242. The molecule has 1 amide bonds. The zero-order valence-corrected chi connectivity index (χ0v) is 16.6. The van der Waals surface area contributed by atoms with Crippen LogP contribution in [0.1, 0.15) is 32.8 Å². The first-order valence-electron chi connectivity index (χ1n) is 9.02. The second-order valence-corrected chi connectivity index (χ2v) is 8.08. The lowest BCUT2D eigenvalue weighted by Crippen LogP contribution is -2.43. The van der Waals surface area contributed by atoms with Gasteiger partial charge in [-0.1, -0.05) is 49.0 Å². The molecule has 0 saturated heterocycles. The number of benzene rings is 2. The molecule has 3 aromatic rings. The van der Waals surface area contributed by atoms with Crippen molar-refractivity contribution < 1.29 is 9.18 Å². The van der Waals surface area contributed by atoms with Crippen molar-refractivity contribution in [1.29, 1.82) is 0 Å². The molecule has 3 rings (SSSR count). The van der Waals surface area contributed by atoms with Gasteiger partial charge in [0.2, 0.25) is 5.91 Å². The summed E-state index contributed by atoms with van der Waals surface area (Å²) in [5.74, 6) is -0.00525. The summed E-state index contributed by atoms with van der Waals surface area (Å²) in [5.41, 5.74) is 2.13. The first kappa shape index (κ1) is 19.4. The van der Waals surface area contributed by atoms with E-state index in [1.54, 1.807) is 12.1 Å². The van der Waals surface area contributed by atoms with E-state index in [9.17, 15) is 9.18 Å². The van der Waals surface area contributed by atoms with E-state index in [0.717, 1.165) is 17.5 Å². The van der Waals surface area contributed by atoms with Crippen LogP contribution in [0, 0.1) is 5.82 Å². The molecule has 27 heavy (non-hydrogen) atoms. The third kappa shape index (κ3) is 4.69. The number of aromatic nitrogens is 2. The Hall–Kier alpha value is -2.34. The van der Waals surface area contributed by atoms with Crippen LogP contribution in [0.15, 0.2) is 53.7 Å². The number of fused-ring (bicyclic) bond motifs is 1. The van der Waals surface area contributed by atoms with E-state index < -0.39 is 0 Å². The van der Waals surface area contributed by atoms with Crippen molar-refractivity contribution >= 4 is 28.7 Å². The molecule has 0 aliphatic rings. The van der Waals surface area contributed by atoms with E-state index >= 15 is 0 Å². The SMILES string of the molecule is CCC(C)(C)NC(=O)CSc1nc2ccccc2n1Cc1ccccc1F. The molecule has 2 aromatic carbocycles. The Morgan fingerprint density at radius 1 is 1.19 bits per heavy atom. The first-order valence-corrected chi connectivity index (χ1v) is 10.0. The maximum atomic E-state index is 14.1. The highest BCUT2D eigenvalue weighted by atomic mass is 32.2. The molecule has 0 bridgehead atoms. The Labute approximate surface area is 163 Å².